The lowest BCUT2D eigenvalue weighted by Gasteiger charge is -2.15. The smallest absolute Gasteiger partial charge is 0.0714 e. The van der Waals surface area contributed by atoms with E-state index in [2.05, 4.69) is 109 Å². The highest BCUT2D eigenvalue weighted by Crippen LogP contribution is 2.42. The molecule has 0 aliphatic heterocycles. The van der Waals surface area contributed by atoms with Gasteiger partial charge in [0, 0.05) is 34.0 Å². The van der Waals surface area contributed by atoms with E-state index in [1.54, 1.807) is 0 Å². The molecule has 0 bridgehead atoms. The van der Waals surface area contributed by atoms with Gasteiger partial charge in [0.25, 0.3) is 0 Å². The zero-order valence-corrected chi connectivity index (χ0v) is 22.6. The average Bonchev–Trinajstić information content (AvgIpc) is 3.56. The molecule has 0 amide bonds. The summed E-state index contributed by atoms with van der Waals surface area (Å²) >= 11 is 0. The van der Waals surface area contributed by atoms with Crippen LogP contribution in [0.1, 0.15) is 0 Å². The molecule has 0 fully saturated rings. The maximum Gasteiger partial charge on any atom is 0.0714 e. The second kappa shape index (κ2) is 7.99. The lowest BCUT2D eigenvalue weighted by atomic mass is 9.89. The first kappa shape index (κ1) is 22.1. The third kappa shape index (κ3) is 2.74. The van der Waals surface area contributed by atoms with Crippen LogP contribution in [0, 0.1) is 41.7 Å². The van der Waals surface area contributed by atoms with Gasteiger partial charge in [-0.05, 0) is 100 Å². The third-order valence-corrected chi connectivity index (χ3v) is 9.22. The molecule has 0 spiro atoms. The van der Waals surface area contributed by atoms with Gasteiger partial charge in [-0.1, -0.05) is 84.9 Å². The predicted molar refractivity (Wildman–Crippen MR) is 169 cm³/mol. The van der Waals surface area contributed by atoms with E-state index in [0.29, 0.717) is 0 Å². The molecule has 2 nitrogen and oxygen atoms in total. The number of aromatic nitrogens is 2. The summed E-state index contributed by atoms with van der Waals surface area (Å²) in [4.78, 5) is 9.90. The van der Waals surface area contributed by atoms with Crippen LogP contribution in [0.25, 0.3) is 54.8 Å². The van der Waals surface area contributed by atoms with Crippen molar-refractivity contribution in [3.05, 3.63) is 175 Å². The van der Waals surface area contributed by atoms with Crippen LogP contribution in [-0.4, -0.2) is 9.97 Å². The van der Waals surface area contributed by atoms with Crippen LogP contribution in [0.15, 0.2) is 134 Å². The maximum atomic E-state index is 4.95. The van der Waals surface area contributed by atoms with Crippen LogP contribution in [0.2, 0.25) is 0 Å². The van der Waals surface area contributed by atoms with E-state index in [-0.39, 0.29) is 0 Å². The summed E-state index contributed by atoms with van der Waals surface area (Å²) in [6.07, 6.45) is 3.82. The highest BCUT2D eigenvalue weighted by Gasteiger charge is 2.22. The van der Waals surface area contributed by atoms with E-state index >= 15 is 0 Å². The highest BCUT2D eigenvalue weighted by atomic mass is 14.7. The highest BCUT2D eigenvalue weighted by molar-refractivity contribution is 6.11. The lowest BCUT2D eigenvalue weighted by molar-refractivity contribution is 1.30. The zero-order valence-electron chi connectivity index (χ0n) is 22.6. The van der Waals surface area contributed by atoms with Crippen molar-refractivity contribution in [2.24, 2.45) is 0 Å². The minimum absolute atomic E-state index is 0.991. The molecular weight excluding hydrogens is 508 g/mol. The van der Waals surface area contributed by atoms with E-state index < -0.39 is 0 Å². The minimum atomic E-state index is 0.991. The standard InChI is InChI=1S/C40H22N2/c1-2-10-24-22-32-31(21-23(24)9-1)37(33-13-5-7-19-41-33)39-29-17-15-27-25-11-3-4-12-26(25)28-16-18-30(36(29)35(27)28)40(39)38(32)34-14-6-8-20-42-34/h1-22H. The molecular formula is C40H22N2. The third-order valence-electron chi connectivity index (χ3n) is 9.22. The van der Waals surface area contributed by atoms with Crippen molar-refractivity contribution in [1.82, 2.24) is 9.97 Å². The Hall–Kier alpha value is -5.60. The summed E-state index contributed by atoms with van der Waals surface area (Å²) < 4.78 is 0. The minimum Gasteiger partial charge on any atom is -0.256 e. The van der Waals surface area contributed by atoms with Crippen molar-refractivity contribution in [3.8, 4) is 22.5 Å². The summed E-state index contributed by atoms with van der Waals surface area (Å²) in [6, 6.07) is 44.0. The topological polar surface area (TPSA) is 25.8 Å². The van der Waals surface area contributed by atoms with Crippen LogP contribution in [0.4, 0.5) is 0 Å². The number of hydrogen-bond acceptors (Lipinski definition) is 2. The molecule has 0 atom stereocenters. The van der Waals surface area contributed by atoms with Gasteiger partial charge in [-0.25, -0.2) is 0 Å². The molecule has 10 rings (SSSR count). The Kier molecular flexibility index (Phi) is 4.21. The van der Waals surface area contributed by atoms with Crippen LogP contribution >= 0.6 is 0 Å². The number of hydrogen-bond donors (Lipinski definition) is 0. The van der Waals surface area contributed by atoms with Crippen LogP contribution in [-0.2, 0) is 0 Å². The van der Waals surface area contributed by atoms with E-state index in [1.807, 2.05) is 24.5 Å². The second-order valence-corrected chi connectivity index (χ2v) is 11.3. The van der Waals surface area contributed by atoms with Crippen molar-refractivity contribution in [1.29, 1.82) is 0 Å². The largest absolute Gasteiger partial charge is 0.256 e. The number of fused-ring (bicyclic) bond motifs is 4. The van der Waals surface area contributed by atoms with E-state index in [1.165, 1.54) is 85.2 Å². The number of benzene rings is 6. The molecule has 0 saturated carbocycles. The molecule has 0 N–H and O–H groups in total. The fourth-order valence-electron chi connectivity index (χ4n) is 7.58. The maximum absolute atomic E-state index is 4.95. The van der Waals surface area contributed by atoms with Gasteiger partial charge in [-0.3, -0.25) is 9.97 Å². The van der Waals surface area contributed by atoms with Gasteiger partial charge in [0.2, 0.25) is 0 Å². The summed E-state index contributed by atoms with van der Waals surface area (Å²) in [7, 11) is 0. The van der Waals surface area contributed by atoms with Crippen LogP contribution in [0.3, 0.4) is 0 Å². The molecule has 6 aromatic carbocycles. The van der Waals surface area contributed by atoms with Gasteiger partial charge >= 0.3 is 0 Å². The van der Waals surface area contributed by atoms with Crippen molar-refractivity contribution in [3.63, 3.8) is 0 Å². The average molecular weight is 531 g/mol. The Labute approximate surface area is 239 Å². The van der Waals surface area contributed by atoms with Crippen molar-refractivity contribution in [2.45, 2.75) is 0 Å². The van der Waals surface area contributed by atoms with E-state index in [0.717, 1.165) is 11.4 Å². The Morgan fingerprint density at radius 2 is 0.786 bits per heavy atom. The van der Waals surface area contributed by atoms with E-state index in [9.17, 15) is 0 Å². The van der Waals surface area contributed by atoms with Gasteiger partial charge in [0.15, 0.2) is 0 Å². The van der Waals surface area contributed by atoms with Crippen molar-refractivity contribution in [2.75, 3.05) is 0 Å². The molecule has 0 unspecified atom stereocenters. The molecule has 2 aliphatic carbocycles. The molecule has 2 aromatic heterocycles. The van der Waals surface area contributed by atoms with Gasteiger partial charge < -0.3 is 0 Å². The monoisotopic (exact) mass is 530 g/mol. The van der Waals surface area contributed by atoms with Gasteiger partial charge in [0.05, 0.1) is 11.4 Å². The first-order valence-corrected chi connectivity index (χ1v) is 14.4. The normalized spacial score (nSPS) is 12.3. The molecule has 8 aromatic rings. The molecule has 192 valence electrons. The Balaban J connectivity index is 1.61. The van der Waals surface area contributed by atoms with E-state index in [4.69, 9.17) is 9.97 Å². The fourth-order valence-corrected chi connectivity index (χ4v) is 7.58. The van der Waals surface area contributed by atoms with Gasteiger partial charge in [0.1, 0.15) is 0 Å². The quantitative estimate of drug-likeness (QED) is 0.208. The Bertz CT molecular complexity index is 2690. The number of pyridine rings is 2. The van der Waals surface area contributed by atoms with Crippen molar-refractivity contribution < 1.29 is 0 Å². The predicted octanol–water partition coefficient (Wildman–Crippen LogP) is 9.04. The summed E-state index contributed by atoms with van der Waals surface area (Å²) in [5.74, 6) is 0. The Morgan fingerprint density at radius 1 is 0.357 bits per heavy atom. The summed E-state index contributed by atoms with van der Waals surface area (Å²) in [6.45, 7) is 0. The lowest BCUT2D eigenvalue weighted by Crippen LogP contribution is -1.95. The molecule has 2 heteroatoms. The SMILES string of the molecule is c1ccc(-c2c3c(c(-c4ccccn4)c4cc5ccccc5cc24)=c2ccc4c5c(ccc=3c25)=c2ccccc2=4)nc1. The van der Waals surface area contributed by atoms with Gasteiger partial charge in [-0.15, -0.1) is 0 Å². The first-order chi connectivity index (χ1) is 20.9. The number of nitrogens with zero attached hydrogens (tertiary/aromatic N) is 2. The number of rotatable bonds is 2. The van der Waals surface area contributed by atoms with Crippen LogP contribution in [0.5, 0.6) is 0 Å². The Morgan fingerprint density at radius 3 is 1.26 bits per heavy atom. The molecule has 2 aliphatic rings. The van der Waals surface area contributed by atoms with Crippen molar-refractivity contribution >= 4 is 32.3 Å². The first-order valence-electron chi connectivity index (χ1n) is 14.4. The molecule has 0 radical (unpaired) electrons. The summed E-state index contributed by atoms with van der Waals surface area (Å²) in [5, 5.41) is 17.9. The second-order valence-electron chi connectivity index (χ2n) is 11.3. The molecule has 42 heavy (non-hydrogen) atoms. The zero-order chi connectivity index (χ0) is 27.4. The fraction of sp³-hybridized carbons (Fsp3) is 0. The van der Waals surface area contributed by atoms with Gasteiger partial charge in [-0.2, -0.15) is 0 Å². The summed E-state index contributed by atoms with van der Waals surface area (Å²) in [5.41, 5.74) is 4.36. The molecule has 2 heterocycles. The molecule has 0 saturated heterocycles. The van der Waals surface area contributed by atoms with Crippen LogP contribution < -0.4 is 0 Å².